The second kappa shape index (κ2) is 9.04. The maximum absolute atomic E-state index is 14.2. The summed E-state index contributed by atoms with van der Waals surface area (Å²) in [7, 11) is 0. The molecular formula is C28H33FO. The fourth-order valence-electron chi connectivity index (χ4n) is 3.70. The summed E-state index contributed by atoms with van der Waals surface area (Å²) in [5.41, 5.74) is 4.09. The number of para-hydroxylation sites is 1. The van der Waals surface area contributed by atoms with Gasteiger partial charge in [-0.1, -0.05) is 83.1 Å². The molecule has 0 fully saturated rings. The summed E-state index contributed by atoms with van der Waals surface area (Å²) >= 11 is 0. The van der Waals surface area contributed by atoms with Crippen LogP contribution in [0.3, 0.4) is 0 Å². The minimum Gasteiger partial charge on any atom is -0.454 e. The first-order valence-corrected chi connectivity index (χ1v) is 10.8. The van der Waals surface area contributed by atoms with Crippen LogP contribution in [0.2, 0.25) is 0 Å². The summed E-state index contributed by atoms with van der Waals surface area (Å²) in [6, 6.07) is 23.6. The number of benzene rings is 3. The van der Waals surface area contributed by atoms with E-state index in [0.717, 1.165) is 24.8 Å². The Morgan fingerprint density at radius 3 is 2.03 bits per heavy atom. The van der Waals surface area contributed by atoms with Crippen LogP contribution in [0.4, 0.5) is 4.39 Å². The molecule has 0 atom stereocenters. The van der Waals surface area contributed by atoms with Crippen LogP contribution in [0, 0.1) is 5.82 Å². The van der Waals surface area contributed by atoms with Crippen molar-refractivity contribution in [1.29, 1.82) is 0 Å². The van der Waals surface area contributed by atoms with Gasteiger partial charge in [-0.25, -0.2) is 4.39 Å². The lowest BCUT2D eigenvalue weighted by Gasteiger charge is -2.27. The molecule has 0 aromatic heterocycles. The molecule has 0 amide bonds. The average Bonchev–Trinajstić information content (AvgIpc) is 2.70. The van der Waals surface area contributed by atoms with Crippen LogP contribution in [0.5, 0.6) is 11.5 Å². The topological polar surface area (TPSA) is 9.23 Å². The number of hydrogen-bond acceptors (Lipinski definition) is 1. The molecule has 158 valence electrons. The van der Waals surface area contributed by atoms with Crippen LogP contribution in [0.1, 0.15) is 64.2 Å². The molecule has 0 unspecified atom stereocenters. The minimum atomic E-state index is -0.332. The van der Waals surface area contributed by atoms with Crippen molar-refractivity contribution in [3.8, 4) is 11.5 Å². The van der Waals surface area contributed by atoms with E-state index in [1.54, 1.807) is 0 Å². The first kappa shape index (κ1) is 22.1. The zero-order chi connectivity index (χ0) is 21.8. The number of halogens is 1. The summed E-state index contributed by atoms with van der Waals surface area (Å²) in [4.78, 5) is 0. The molecule has 0 aliphatic rings. The molecule has 0 radical (unpaired) electrons. The van der Waals surface area contributed by atoms with Crippen molar-refractivity contribution >= 4 is 0 Å². The fraction of sp³-hybridized carbons (Fsp3) is 0.357. The van der Waals surface area contributed by atoms with Crippen LogP contribution in [0.25, 0.3) is 0 Å². The van der Waals surface area contributed by atoms with Gasteiger partial charge in [-0.2, -0.15) is 0 Å². The largest absolute Gasteiger partial charge is 0.454 e. The molecule has 3 aromatic rings. The van der Waals surface area contributed by atoms with Crippen molar-refractivity contribution in [2.75, 3.05) is 0 Å². The standard InChI is InChI=1S/C28H33FO/c1-27(2,3)22-14-16-23(17-15-22)28(4,5)19-9-10-21-13-18-25(29)26(20-21)30-24-11-7-6-8-12-24/h6-8,11-18,20H,9-10,19H2,1-5H3. The number of ether oxygens (including phenoxy) is 1. The van der Waals surface area contributed by atoms with Crippen molar-refractivity contribution in [2.45, 2.75) is 64.7 Å². The van der Waals surface area contributed by atoms with E-state index in [2.05, 4.69) is 58.9 Å². The third-order valence-corrected chi connectivity index (χ3v) is 5.77. The molecular weight excluding hydrogens is 371 g/mol. The molecule has 0 saturated carbocycles. The van der Waals surface area contributed by atoms with Crippen molar-refractivity contribution in [3.63, 3.8) is 0 Å². The molecule has 30 heavy (non-hydrogen) atoms. The lowest BCUT2D eigenvalue weighted by Crippen LogP contribution is -2.18. The molecule has 0 saturated heterocycles. The molecule has 0 aliphatic carbocycles. The highest BCUT2D eigenvalue weighted by molar-refractivity contribution is 5.35. The Morgan fingerprint density at radius 1 is 0.767 bits per heavy atom. The quantitative estimate of drug-likeness (QED) is 0.385. The van der Waals surface area contributed by atoms with Gasteiger partial charge in [0, 0.05) is 0 Å². The summed E-state index contributed by atoms with van der Waals surface area (Å²) in [6.07, 6.45) is 2.99. The minimum absolute atomic E-state index is 0.0970. The van der Waals surface area contributed by atoms with Gasteiger partial charge in [-0.3, -0.25) is 0 Å². The van der Waals surface area contributed by atoms with E-state index in [1.165, 1.54) is 17.2 Å². The Morgan fingerprint density at radius 2 is 1.40 bits per heavy atom. The highest BCUT2D eigenvalue weighted by atomic mass is 19.1. The van der Waals surface area contributed by atoms with E-state index in [0.29, 0.717) is 5.75 Å². The number of hydrogen-bond donors (Lipinski definition) is 0. The first-order valence-electron chi connectivity index (χ1n) is 10.8. The van der Waals surface area contributed by atoms with Gasteiger partial charge in [0.15, 0.2) is 11.6 Å². The van der Waals surface area contributed by atoms with Gasteiger partial charge in [0.05, 0.1) is 0 Å². The average molecular weight is 405 g/mol. The Labute approximate surface area is 180 Å². The Bertz CT molecular complexity index is 950. The molecule has 1 nitrogen and oxygen atoms in total. The lowest BCUT2D eigenvalue weighted by molar-refractivity contribution is 0.439. The van der Waals surface area contributed by atoms with Crippen molar-refractivity contribution in [3.05, 3.63) is 95.3 Å². The molecule has 0 spiro atoms. The van der Waals surface area contributed by atoms with Crippen LogP contribution in [0.15, 0.2) is 72.8 Å². The highest BCUT2D eigenvalue weighted by Gasteiger charge is 2.21. The van der Waals surface area contributed by atoms with Crippen molar-refractivity contribution in [1.82, 2.24) is 0 Å². The summed E-state index contributed by atoms with van der Waals surface area (Å²) in [6.45, 7) is 11.3. The molecule has 0 aliphatic heterocycles. The van der Waals surface area contributed by atoms with Crippen LogP contribution in [-0.2, 0) is 17.3 Å². The maximum Gasteiger partial charge on any atom is 0.165 e. The Balaban J connectivity index is 1.62. The zero-order valence-corrected chi connectivity index (χ0v) is 18.8. The zero-order valence-electron chi connectivity index (χ0n) is 18.8. The Kier molecular flexibility index (Phi) is 6.65. The van der Waals surface area contributed by atoms with Crippen LogP contribution >= 0.6 is 0 Å². The van der Waals surface area contributed by atoms with Gasteiger partial charge in [-0.05, 0) is 71.0 Å². The molecule has 3 rings (SSSR count). The molecule has 0 bridgehead atoms. The number of aryl methyl sites for hydroxylation is 1. The van der Waals surface area contributed by atoms with E-state index in [1.807, 2.05) is 42.5 Å². The van der Waals surface area contributed by atoms with Gasteiger partial charge >= 0.3 is 0 Å². The second-order valence-electron chi connectivity index (χ2n) is 9.74. The molecule has 0 N–H and O–H groups in total. The molecule has 2 heteroatoms. The van der Waals surface area contributed by atoms with Gasteiger partial charge in [0.2, 0.25) is 0 Å². The van der Waals surface area contributed by atoms with E-state index in [-0.39, 0.29) is 22.4 Å². The van der Waals surface area contributed by atoms with Crippen LogP contribution in [-0.4, -0.2) is 0 Å². The lowest BCUT2D eigenvalue weighted by atomic mass is 9.78. The van der Waals surface area contributed by atoms with Gasteiger partial charge in [-0.15, -0.1) is 0 Å². The Hall–Kier alpha value is -2.61. The second-order valence-corrected chi connectivity index (χ2v) is 9.74. The first-order chi connectivity index (χ1) is 14.1. The van der Waals surface area contributed by atoms with E-state index in [9.17, 15) is 4.39 Å². The van der Waals surface area contributed by atoms with Gasteiger partial charge in [0.25, 0.3) is 0 Å². The van der Waals surface area contributed by atoms with Gasteiger partial charge < -0.3 is 4.74 Å². The molecule has 0 heterocycles. The third-order valence-electron chi connectivity index (χ3n) is 5.77. The normalized spacial score (nSPS) is 12.1. The van der Waals surface area contributed by atoms with Crippen molar-refractivity contribution in [2.24, 2.45) is 0 Å². The smallest absolute Gasteiger partial charge is 0.165 e. The summed E-state index contributed by atoms with van der Waals surface area (Å²) in [5, 5.41) is 0. The number of rotatable bonds is 7. The van der Waals surface area contributed by atoms with E-state index >= 15 is 0 Å². The summed E-state index contributed by atoms with van der Waals surface area (Å²) in [5.74, 6) is 0.603. The SMILES string of the molecule is CC(C)(C)c1ccc(C(C)(C)CCCc2ccc(F)c(Oc3ccccc3)c2)cc1. The summed E-state index contributed by atoms with van der Waals surface area (Å²) < 4.78 is 19.9. The van der Waals surface area contributed by atoms with Crippen LogP contribution < -0.4 is 4.74 Å². The predicted molar refractivity (Wildman–Crippen MR) is 124 cm³/mol. The molecule has 3 aromatic carbocycles. The van der Waals surface area contributed by atoms with E-state index < -0.39 is 0 Å². The fourth-order valence-corrected chi connectivity index (χ4v) is 3.70. The third kappa shape index (κ3) is 5.72. The van der Waals surface area contributed by atoms with E-state index in [4.69, 9.17) is 4.74 Å². The van der Waals surface area contributed by atoms with Crippen molar-refractivity contribution < 1.29 is 9.13 Å². The monoisotopic (exact) mass is 404 g/mol. The highest BCUT2D eigenvalue weighted by Crippen LogP contribution is 2.32. The maximum atomic E-state index is 14.2. The van der Waals surface area contributed by atoms with Gasteiger partial charge in [0.1, 0.15) is 5.75 Å². The predicted octanol–water partition coefficient (Wildman–Crippen LogP) is 8.22.